The lowest BCUT2D eigenvalue weighted by Crippen LogP contribution is -2.00. The minimum absolute atomic E-state index is 0.467. The molecule has 1 N–H and O–H groups in total. The third kappa shape index (κ3) is 4.14. The Morgan fingerprint density at radius 3 is 2.63 bits per heavy atom. The van der Waals surface area contributed by atoms with E-state index in [4.69, 9.17) is 9.15 Å². The van der Waals surface area contributed by atoms with Crippen molar-refractivity contribution in [1.29, 1.82) is 0 Å². The third-order valence-electron chi connectivity index (χ3n) is 2.98. The Labute approximate surface area is 113 Å². The molecular weight excluding hydrogens is 240 g/mol. The highest BCUT2D eigenvalue weighted by Gasteiger charge is 2.08. The quantitative estimate of drug-likeness (QED) is 0.824. The lowest BCUT2D eigenvalue weighted by molar-refractivity contribution is 0.165. The Hall–Kier alpha value is -1.74. The van der Waals surface area contributed by atoms with Gasteiger partial charge < -0.3 is 14.3 Å². The van der Waals surface area contributed by atoms with E-state index in [1.165, 1.54) is 0 Å². The summed E-state index contributed by atoms with van der Waals surface area (Å²) in [6.07, 6.45) is 3.57. The second kappa shape index (κ2) is 7.00. The van der Waals surface area contributed by atoms with Crippen molar-refractivity contribution in [3.63, 3.8) is 0 Å². The number of furan rings is 1. The Morgan fingerprint density at radius 2 is 2.00 bits per heavy atom. The van der Waals surface area contributed by atoms with Crippen LogP contribution in [-0.2, 0) is 6.42 Å². The average Bonchev–Trinajstić information content (AvgIpc) is 2.96. The normalized spacial score (nSPS) is 12.3. The van der Waals surface area contributed by atoms with Crippen molar-refractivity contribution >= 4 is 0 Å². The van der Waals surface area contributed by atoms with Crippen LogP contribution in [0.3, 0.4) is 0 Å². The molecule has 1 aromatic carbocycles. The molecule has 0 fully saturated rings. The predicted octanol–water partition coefficient (Wildman–Crippen LogP) is 3.73. The van der Waals surface area contributed by atoms with Crippen LogP contribution < -0.4 is 4.74 Å². The molecule has 0 radical (unpaired) electrons. The number of aliphatic hydroxyl groups excluding tert-OH is 1. The largest absolute Gasteiger partial charge is 0.494 e. The summed E-state index contributed by atoms with van der Waals surface area (Å²) in [6, 6.07) is 11.4. The molecular formula is C16H20O3. The van der Waals surface area contributed by atoms with Gasteiger partial charge in [0, 0.05) is 6.42 Å². The van der Waals surface area contributed by atoms with E-state index >= 15 is 0 Å². The zero-order chi connectivity index (χ0) is 13.5. The van der Waals surface area contributed by atoms with E-state index < -0.39 is 6.10 Å². The van der Waals surface area contributed by atoms with Gasteiger partial charge >= 0.3 is 0 Å². The van der Waals surface area contributed by atoms with E-state index in [0.717, 1.165) is 36.5 Å². The number of aryl methyl sites for hydroxylation is 1. The Kier molecular flexibility index (Phi) is 5.04. The van der Waals surface area contributed by atoms with Gasteiger partial charge in [0.1, 0.15) is 11.5 Å². The number of ether oxygens (including phenoxy) is 1. The van der Waals surface area contributed by atoms with Crippen molar-refractivity contribution in [2.24, 2.45) is 0 Å². The molecule has 0 amide bonds. The number of rotatable bonds is 7. The van der Waals surface area contributed by atoms with E-state index in [1.807, 2.05) is 36.4 Å². The first-order valence-electron chi connectivity index (χ1n) is 6.73. The number of hydrogen-bond donors (Lipinski definition) is 1. The summed E-state index contributed by atoms with van der Waals surface area (Å²) in [4.78, 5) is 0. The van der Waals surface area contributed by atoms with Gasteiger partial charge in [0.05, 0.1) is 19.0 Å². The molecule has 1 atom stereocenters. The topological polar surface area (TPSA) is 42.6 Å². The minimum Gasteiger partial charge on any atom is -0.494 e. The standard InChI is InChI=1S/C16H20O3/c1-2-11-18-15-7-5-13(6-8-15)16(17)10-9-14-4-3-12-19-14/h3-8,12,16-17H,2,9-11H2,1H3. The van der Waals surface area contributed by atoms with E-state index in [9.17, 15) is 5.11 Å². The fourth-order valence-corrected chi connectivity index (χ4v) is 1.91. The van der Waals surface area contributed by atoms with Crippen molar-refractivity contribution in [2.45, 2.75) is 32.3 Å². The lowest BCUT2D eigenvalue weighted by atomic mass is 10.0. The van der Waals surface area contributed by atoms with Crippen LogP contribution in [0.2, 0.25) is 0 Å². The molecule has 102 valence electrons. The second-order valence-corrected chi connectivity index (χ2v) is 4.55. The van der Waals surface area contributed by atoms with E-state index in [2.05, 4.69) is 6.92 Å². The molecule has 0 saturated heterocycles. The van der Waals surface area contributed by atoms with Crippen LogP contribution in [0.4, 0.5) is 0 Å². The summed E-state index contributed by atoms with van der Waals surface area (Å²) < 4.78 is 10.8. The van der Waals surface area contributed by atoms with Gasteiger partial charge in [0.25, 0.3) is 0 Å². The van der Waals surface area contributed by atoms with Crippen LogP contribution in [0.1, 0.15) is 37.2 Å². The first-order valence-corrected chi connectivity index (χ1v) is 6.73. The number of hydrogen-bond acceptors (Lipinski definition) is 3. The summed E-state index contributed by atoms with van der Waals surface area (Å²) in [6.45, 7) is 2.80. The van der Waals surface area contributed by atoms with Crippen LogP contribution in [0.5, 0.6) is 5.75 Å². The molecule has 1 heterocycles. The monoisotopic (exact) mass is 260 g/mol. The predicted molar refractivity (Wildman–Crippen MR) is 74.2 cm³/mol. The van der Waals surface area contributed by atoms with Crippen LogP contribution in [-0.4, -0.2) is 11.7 Å². The van der Waals surface area contributed by atoms with Crippen molar-refractivity contribution in [3.05, 3.63) is 54.0 Å². The van der Waals surface area contributed by atoms with Gasteiger partial charge in [-0.3, -0.25) is 0 Å². The van der Waals surface area contributed by atoms with Crippen LogP contribution in [0, 0.1) is 0 Å². The Bertz CT molecular complexity index is 459. The van der Waals surface area contributed by atoms with Gasteiger partial charge in [-0.05, 0) is 42.7 Å². The summed E-state index contributed by atoms with van der Waals surface area (Å²) in [5.41, 5.74) is 0.912. The average molecular weight is 260 g/mol. The highest BCUT2D eigenvalue weighted by molar-refractivity contribution is 5.28. The zero-order valence-corrected chi connectivity index (χ0v) is 11.2. The minimum atomic E-state index is -0.467. The molecule has 0 aliphatic carbocycles. The van der Waals surface area contributed by atoms with Crippen molar-refractivity contribution in [1.82, 2.24) is 0 Å². The molecule has 0 spiro atoms. The molecule has 0 bridgehead atoms. The van der Waals surface area contributed by atoms with E-state index in [1.54, 1.807) is 6.26 Å². The molecule has 2 aromatic rings. The summed E-state index contributed by atoms with van der Waals surface area (Å²) in [5.74, 6) is 1.76. The maximum absolute atomic E-state index is 10.1. The van der Waals surface area contributed by atoms with Crippen molar-refractivity contribution in [3.8, 4) is 5.75 Å². The molecule has 19 heavy (non-hydrogen) atoms. The molecule has 3 heteroatoms. The highest BCUT2D eigenvalue weighted by Crippen LogP contribution is 2.22. The van der Waals surface area contributed by atoms with Gasteiger partial charge in [0.15, 0.2) is 0 Å². The summed E-state index contributed by atoms with van der Waals surface area (Å²) in [5, 5.41) is 10.1. The molecule has 3 nitrogen and oxygen atoms in total. The highest BCUT2D eigenvalue weighted by atomic mass is 16.5. The van der Waals surface area contributed by atoms with Crippen molar-refractivity contribution in [2.75, 3.05) is 6.61 Å². The molecule has 0 aliphatic rings. The maximum Gasteiger partial charge on any atom is 0.119 e. The van der Waals surface area contributed by atoms with Gasteiger partial charge in [-0.1, -0.05) is 19.1 Å². The van der Waals surface area contributed by atoms with Gasteiger partial charge in [-0.15, -0.1) is 0 Å². The second-order valence-electron chi connectivity index (χ2n) is 4.55. The van der Waals surface area contributed by atoms with Gasteiger partial charge in [-0.2, -0.15) is 0 Å². The first-order chi connectivity index (χ1) is 9.29. The van der Waals surface area contributed by atoms with Crippen molar-refractivity contribution < 1.29 is 14.3 Å². The molecule has 1 aromatic heterocycles. The van der Waals surface area contributed by atoms with E-state index in [-0.39, 0.29) is 0 Å². The van der Waals surface area contributed by atoms with Gasteiger partial charge in [-0.25, -0.2) is 0 Å². The maximum atomic E-state index is 10.1. The summed E-state index contributed by atoms with van der Waals surface area (Å²) in [7, 11) is 0. The SMILES string of the molecule is CCCOc1ccc(C(O)CCc2ccco2)cc1. The summed E-state index contributed by atoms with van der Waals surface area (Å²) >= 11 is 0. The van der Waals surface area contributed by atoms with Crippen LogP contribution in [0.25, 0.3) is 0 Å². The fourth-order valence-electron chi connectivity index (χ4n) is 1.91. The Balaban J connectivity index is 1.86. The zero-order valence-electron chi connectivity index (χ0n) is 11.2. The van der Waals surface area contributed by atoms with Gasteiger partial charge in [0.2, 0.25) is 0 Å². The number of aliphatic hydroxyl groups is 1. The molecule has 0 aliphatic heterocycles. The Morgan fingerprint density at radius 1 is 1.21 bits per heavy atom. The van der Waals surface area contributed by atoms with Crippen LogP contribution >= 0.6 is 0 Å². The van der Waals surface area contributed by atoms with Crippen LogP contribution in [0.15, 0.2) is 47.1 Å². The smallest absolute Gasteiger partial charge is 0.119 e. The fraction of sp³-hybridized carbons (Fsp3) is 0.375. The third-order valence-corrected chi connectivity index (χ3v) is 2.98. The van der Waals surface area contributed by atoms with E-state index in [0.29, 0.717) is 6.42 Å². The molecule has 0 saturated carbocycles. The lowest BCUT2D eigenvalue weighted by Gasteiger charge is -2.11. The molecule has 2 rings (SSSR count). The number of benzene rings is 1. The molecule has 1 unspecified atom stereocenters. The first kappa shape index (κ1) is 13.7.